The summed E-state index contributed by atoms with van der Waals surface area (Å²) >= 11 is 5.17. The summed E-state index contributed by atoms with van der Waals surface area (Å²) in [4.78, 5) is 2.66. The highest BCUT2D eigenvalue weighted by molar-refractivity contribution is 7.80. The molecule has 0 aromatic carbocycles. The van der Waals surface area contributed by atoms with Gasteiger partial charge in [-0.2, -0.15) is 5.10 Å². The Balaban J connectivity index is 2.28. The first kappa shape index (κ1) is 14.3. The van der Waals surface area contributed by atoms with Gasteiger partial charge in [0.1, 0.15) is 10.8 Å². The molecule has 0 radical (unpaired) electrons. The topological polar surface area (TPSA) is 56.3 Å². The number of hydrogen-bond acceptors (Lipinski definition) is 4. The van der Waals surface area contributed by atoms with E-state index < -0.39 is 0 Å². The third-order valence-corrected chi connectivity index (χ3v) is 3.77. The lowest BCUT2D eigenvalue weighted by molar-refractivity contribution is 0.115. The fourth-order valence-electron chi connectivity index (χ4n) is 2.70. The molecule has 1 aliphatic heterocycles. The number of rotatable bonds is 5. The first-order valence-corrected chi connectivity index (χ1v) is 7.15. The second-order valence-electron chi connectivity index (χ2n) is 4.95. The second kappa shape index (κ2) is 5.88. The van der Waals surface area contributed by atoms with Gasteiger partial charge in [0.05, 0.1) is 17.4 Å². The molecule has 1 fully saturated rings. The molecule has 5 nitrogen and oxygen atoms in total. The molecule has 6 heteroatoms. The van der Waals surface area contributed by atoms with Gasteiger partial charge in [0.25, 0.3) is 0 Å². The van der Waals surface area contributed by atoms with Gasteiger partial charge in [0, 0.05) is 26.7 Å². The highest BCUT2D eigenvalue weighted by Gasteiger charge is 2.24. The Hall–Kier alpha value is -1.14. The van der Waals surface area contributed by atoms with Crippen LogP contribution >= 0.6 is 12.2 Å². The van der Waals surface area contributed by atoms with Crippen LogP contribution < -0.4 is 10.6 Å². The van der Waals surface area contributed by atoms with Crippen LogP contribution in [0.15, 0.2) is 0 Å². The summed E-state index contributed by atoms with van der Waals surface area (Å²) in [6, 6.07) is 0. The predicted molar refractivity (Wildman–Crippen MR) is 80.7 cm³/mol. The average Bonchev–Trinajstić information content (AvgIpc) is 2.93. The largest absolute Gasteiger partial charge is 0.389 e. The number of thiocarbonyl (C=S) groups is 1. The maximum Gasteiger partial charge on any atom is 0.137 e. The van der Waals surface area contributed by atoms with Crippen molar-refractivity contribution in [3.63, 3.8) is 0 Å². The van der Waals surface area contributed by atoms with E-state index in [1.807, 2.05) is 18.7 Å². The molecule has 0 bridgehead atoms. The molecule has 1 aliphatic rings. The van der Waals surface area contributed by atoms with E-state index in [2.05, 4.69) is 16.9 Å². The molecule has 106 valence electrons. The maximum absolute atomic E-state index is 5.85. The summed E-state index contributed by atoms with van der Waals surface area (Å²) in [5.74, 6) is 1.00. The van der Waals surface area contributed by atoms with E-state index in [0.29, 0.717) is 11.1 Å². The molecule has 2 rings (SSSR count). The van der Waals surface area contributed by atoms with Crippen molar-refractivity contribution in [2.24, 2.45) is 12.8 Å². The van der Waals surface area contributed by atoms with Crippen molar-refractivity contribution in [1.82, 2.24) is 9.78 Å². The van der Waals surface area contributed by atoms with Crippen LogP contribution in [0.5, 0.6) is 0 Å². The van der Waals surface area contributed by atoms with Gasteiger partial charge in [0.2, 0.25) is 0 Å². The highest BCUT2D eigenvalue weighted by atomic mass is 32.1. The van der Waals surface area contributed by atoms with Crippen molar-refractivity contribution in [1.29, 1.82) is 0 Å². The number of hydrogen-bond donors (Lipinski definition) is 1. The van der Waals surface area contributed by atoms with Crippen LogP contribution in [-0.2, 0) is 11.8 Å². The molecular weight excluding hydrogens is 260 g/mol. The van der Waals surface area contributed by atoms with Crippen molar-refractivity contribution >= 4 is 23.0 Å². The van der Waals surface area contributed by atoms with Gasteiger partial charge < -0.3 is 15.4 Å². The number of aromatic nitrogens is 2. The van der Waals surface area contributed by atoms with Crippen LogP contribution in [0.25, 0.3) is 0 Å². The Morgan fingerprint density at radius 1 is 1.63 bits per heavy atom. The van der Waals surface area contributed by atoms with Crippen LogP contribution in [0.2, 0.25) is 0 Å². The van der Waals surface area contributed by atoms with E-state index in [1.165, 1.54) is 0 Å². The minimum absolute atomic E-state index is 0.300. The van der Waals surface area contributed by atoms with Crippen molar-refractivity contribution in [2.45, 2.75) is 32.8 Å². The van der Waals surface area contributed by atoms with E-state index in [-0.39, 0.29) is 0 Å². The molecule has 19 heavy (non-hydrogen) atoms. The van der Waals surface area contributed by atoms with E-state index in [9.17, 15) is 0 Å². The molecule has 2 heterocycles. The number of ether oxygens (including phenoxy) is 1. The van der Waals surface area contributed by atoms with Crippen molar-refractivity contribution < 1.29 is 4.74 Å². The predicted octanol–water partition coefficient (Wildman–Crippen LogP) is 1.37. The van der Waals surface area contributed by atoms with Gasteiger partial charge >= 0.3 is 0 Å². The molecule has 0 amide bonds. The lowest BCUT2D eigenvalue weighted by atomic mass is 10.2. The molecule has 1 aromatic rings. The van der Waals surface area contributed by atoms with Crippen LogP contribution in [0.3, 0.4) is 0 Å². The SMILES string of the molecule is CCN(CC1CCCO1)c1c(C(N)=S)c(C)nn1C. The molecule has 0 aliphatic carbocycles. The Morgan fingerprint density at radius 2 is 2.37 bits per heavy atom. The standard InChI is InChI=1S/C13H22N4OS/c1-4-17(8-10-6-5-7-18-10)13-11(12(14)19)9(2)15-16(13)3/h10H,4-8H2,1-3H3,(H2,14,19). The number of aryl methyl sites for hydroxylation is 2. The molecule has 0 spiro atoms. The van der Waals surface area contributed by atoms with Gasteiger partial charge in [0.15, 0.2) is 0 Å². The minimum atomic E-state index is 0.300. The third-order valence-electron chi connectivity index (χ3n) is 3.57. The lowest BCUT2D eigenvalue weighted by Crippen LogP contribution is -2.34. The number of anilines is 1. The molecule has 1 saturated heterocycles. The van der Waals surface area contributed by atoms with E-state index in [1.54, 1.807) is 0 Å². The lowest BCUT2D eigenvalue weighted by Gasteiger charge is -2.26. The summed E-state index contributed by atoms with van der Waals surface area (Å²) in [6.45, 7) is 6.69. The molecular formula is C13H22N4OS. The van der Waals surface area contributed by atoms with Crippen molar-refractivity contribution in [3.8, 4) is 0 Å². The Morgan fingerprint density at radius 3 is 2.89 bits per heavy atom. The first-order valence-electron chi connectivity index (χ1n) is 6.74. The number of nitrogens with two attached hydrogens (primary N) is 1. The Kier molecular flexibility index (Phi) is 4.42. The summed E-state index contributed by atoms with van der Waals surface area (Å²) in [6.07, 6.45) is 2.57. The average molecular weight is 282 g/mol. The third kappa shape index (κ3) is 2.90. The Labute approximate surface area is 119 Å². The zero-order valence-corrected chi connectivity index (χ0v) is 12.7. The van der Waals surface area contributed by atoms with Crippen LogP contribution in [0, 0.1) is 6.92 Å². The summed E-state index contributed by atoms with van der Waals surface area (Å²) in [7, 11) is 1.93. The molecule has 2 N–H and O–H groups in total. The summed E-state index contributed by atoms with van der Waals surface area (Å²) in [5, 5.41) is 4.44. The second-order valence-corrected chi connectivity index (χ2v) is 5.39. The first-order chi connectivity index (χ1) is 9.04. The summed E-state index contributed by atoms with van der Waals surface area (Å²) < 4.78 is 7.58. The van der Waals surface area contributed by atoms with E-state index in [0.717, 1.165) is 49.6 Å². The van der Waals surface area contributed by atoms with E-state index >= 15 is 0 Å². The van der Waals surface area contributed by atoms with Gasteiger partial charge in [-0.05, 0) is 26.7 Å². The maximum atomic E-state index is 5.85. The van der Waals surface area contributed by atoms with Crippen LogP contribution in [0.1, 0.15) is 31.0 Å². The van der Waals surface area contributed by atoms with Crippen molar-refractivity contribution in [3.05, 3.63) is 11.3 Å². The normalized spacial score (nSPS) is 18.8. The zero-order valence-electron chi connectivity index (χ0n) is 11.8. The molecule has 1 unspecified atom stereocenters. The minimum Gasteiger partial charge on any atom is -0.389 e. The van der Waals surface area contributed by atoms with Crippen LogP contribution in [-0.4, -0.2) is 40.6 Å². The van der Waals surface area contributed by atoms with Gasteiger partial charge in [-0.1, -0.05) is 12.2 Å². The smallest absolute Gasteiger partial charge is 0.137 e. The van der Waals surface area contributed by atoms with Crippen molar-refractivity contribution in [2.75, 3.05) is 24.6 Å². The van der Waals surface area contributed by atoms with Gasteiger partial charge in [-0.15, -0.1) is 0 Å². The molecule has 0 saturated carbocycles. The zero-order chi connectivity index (χ0) is 14.0. The number of nitrogens with zero attached hydrogens (tertiary/aromatic N) is 3. The fourth-order valence-corrected chi connectivity index (χ4v) is 2.94. The molecule has 1 atom stereocenters. The number of likely N-dealkylation sites (N-methyl/N-ethyl adjacent to an activating group) is 1. The summed E-state index contributed by atoms with van der Waals surface area (Å²) in [5.41, 5.74) is 7.62. The fraction of sp³-hybridized carbons (Fsp3) is 0.692. The van der Waals surface area contributed by atoms with E-state index in [4.69, 9.17) is 22.7 Å². The highest BCUT2D eigenvalue weighted by Crippen LogP contribution is 2.25. The Bertz CT molecular complexity index is 465. The monoisotopic (exact) mass is 282 g/mol. The molecule has 1 aromatic heterocycles. The van der Waals surface area contributed by atoms with Gasteiger partial charge in [-0.25, -0.2) is 0 Å². The quantitative estimate of drug-likeness (QED) is 0.827. The van der Waals surface area contributed by atoms with Crippen LogP contribution in [0.4, 0.5) is 5.82 Å². The van der Waals surface area contributed by atoms with Gasteiger partial charge in [-0.3, -0.25) is 4.68 Å².